The van der Waals surface area contributed by atoms with E-state index in [2.05, 4.69) is 0 Å². The van der Waals surface area contributed by atoms with E-state index < -0.39 is 185 Å². The van der Waals surface area contributed by atoms with Crippen molar-refractivity contribution < 1.29 is 67.3 Å². The van der Waals surface area contributed by atoms with Gasteiger partial charge in [-0.1, -0.05) is 190 Å². The Balaban J connectivity index is 1.07. The molecule has 5 aliphatic heterocycles. The maximum atomic E-state index is 16.7. The number of fused-ring (bicyclic) bond motifs is 2. The summed E-state index contributed by atoms with van der Waals surface area (Å²) in [5, 5.41) is 0. The molecule has 0 aromatic heterocycles. The molecule has 0 aliphatic carbocycles. The van der Waals surface area contributed by atoms with Crippen LogP contribution >= 0.6 is 0 Å². The third-order valence-corrected chi connectivity index (χ3v) is 39.4. The molecule has 17 rings (SSSR count). The summed E-state index contributed by atoms with van der Waals surface area (Å²) in [4.78, 5) is -1.53. The minimum absolute atomic E-state index is 0.0972. The van der Waals surface area contributed by atoms with Crippen molar-refractivity contribution in [3.63, 3.8) is 0 Å². The van der Waals surface area contributed by atoms with E-state index in [4.69, 9.17) is 0 Å². The van der Waals surface area contributed by atoms with Crippen molar-refractivity contribution in [3.8, 4) is 0 Å². The molecule has 0 N–H and O–H groups in total. The van der Waals surface area contributed by atoms with Crippen LogP contribution in [0.2, 0.25) is 0 Å². The van der Waals surface area contributed by atoms with Gasteiger partial charge >= 0.3 is 0 Å². The predicted molar refractivity (Wildman–Crippen MR) is 487 cm³/mol. The van der Waals surface area contributed by atoms with E-state index in [0.717, 1.165) is 0 Å². The molecule has 0 saturated carbocycles. The molecule has 0 amide bonds. The molecular weight excluding hydrogens is 1780 g/mol. The molecule has 5 heterocycles. The van der Waals surface area contributed by atoms with Crippen LogP contribution in [0.5, 0.6) is 0 Å². The molecule has 12 aromatic rings. The van der Waals surface area contributed by atoms with Crippen LogP contribution < -0.4 is 0 Å². The van der Waals surface area contributed by atoms with Crippen LogP contribution in [0.25, 0.3) is 0 Å². The Bertz CT molecular complexity index is 5970. The second-order valence-corrected chi connectivity index (χ2v) is 49.8. The fourth-order valence-corrected chi connectivity index (χ4v) is 28.4. The highest BCUT2D eigenvalue weighted by molar-refractivity contribution is 7.91. The van der Waals surface area contributed by atoms with E-state index in [0.29, 0.717) is 44.5 Å². The number of rotatable bonds is 16. The molecule has 128 heavy (non-hydrogen) atoms. The van der Waals surface area contributed by atoms with Crippen molar-refractivity contribution in [3.05, 3.63) is 376 Å². The van der Waals surface area contributed by atoms with Crippen molar-refractivity contribution in [1.82, 2.24) is 34.4 Å². The number of sulfonamides is 8. The number of aryl methyl sites for hydroxylation is 8. The van der Waals surface area contributed by atoms with Gasteiger partial charge in [-0.2, -0.15) is 34.4 Å². The van der Waals surface area contributed by atoms with Crippen molar-refractivity contribution in [2.45, 2.75) is 199 Å². The Morgan fingerprint density at radius 3 is 0.273 bits per heavy atom. The number of nitrogens with zero attached hydrogens (tertiary/aromatic N) is 8. The Labute approximate surface area is 751 Å². The molecule has 0 radical (unpaired) electrons. The Hall–Kier alpha value is -10.1. The van der Waals surface area contributed by atoms with Gasteiger partial charge in [-0.3, -0.25) is 0 Å². The first-order valence-electron chi connectivity index (χ1n) is 41.7. The predicted octanol–water partition coefficient (Wildman–Crippen LogP) is 14.8. The quantitative estimate of drug-likeness (QED) is 0.0868. The summed E-state index contributed by atoms with van der Waals surface area (Å²) < 4.78 is 277. The van der Waals surface area contributed by atoms with Crippen molar-refractivity contribution >= 4 is 80.2 Å². The SMILES string of the molecule is Cc1ccc(S(=O)(=O)N2CC3=CC4=C5C=C3CN(S(=O)(=O)c3ccc(C)cc3)CC3=CC(=C6C=C3CN(S(=O)(=O)c3ccc(C)cc3)Cc3cc(c7cc3CN(S(=O)(=O)c3ccc(C)cc3)CC3=CC(=C(C=C3C2)CN(S(=O)(=O)c2ccc(C)cc2)C4)CN(S(=O)(=O)c2ccc(C)cc2)C7)CN(S(=O)(=O)c2ccc(C)cc2)C6)CN(S(=O)(=O)c2ccc(C)cc2)C5)cc1. The summed E-state index contributed by atoms with van der Waals surface area (Å²) >= 11 is 0. The van der Waals surface area contributed by atoms with Gasteiger partial charge in [0, 0.05) is 105 Å². The van der Waals surface area contributed by atoms with E-state index in [1.54, 1.807) is 201 Å². The maximum absolute atomic E-state index is 16.7. The first-order chi connectivity index (χ1) is 60.6. The number of benzene rings is 12. The first-order valence-corrected chi connectivity index (χ1v) is 53.2. The van der Waals surface area contributed by atoms with Gasteiger partial charge in [-0.15, -0.1) is 0 Å². The molecule has 664 valence electrons. The van der Waals surface area contributed by atoms with E-state index in [9.17, 15) is 0 Å². The van der Waals surface area contributed by atoms with E-state index in [1.165, 1.54) is 132 Å². The van der Waals surface area contributed by atoms with Crippen molar-refractivity contribution in [2.75, 3.05) is 0 Å². The second kappa shape index (κ2) is 34.3. The minimum atomic E-state index is -4.88. The standard InChI is InChI=1S/C96H96N8O16S8/c1-65-9-25-89(26-10-65)121(105,106)97-49-73-41-77-53-100(124(111,112)92-31-15-68(4)16-32-92)54-78-42-74(50-97)76-44-80(78)56-102(126(115,116)94-35-19-70(6)20-36-94)60-86-46-82(58-99(52-76)123(109,110)91-29-13-67(3)14-30-91)84-48-88(86)64-104(128(119,120)96-39-23-72(8)24-40-96)63-87-47-83(61-103(62-84)127(117,118)95-37-21-71(7)22-38-95)81-45-85(87)59-101(125(113,114)93-33-17-69(5)18-34-93)55-79(77)43-75(73)51-98(57-81)122(107,108)90-27-11-66(2)12-28-90/h9-48H,49-64H2,1-8H3. The van der Waals surface area contributed by atoms with Gasteiger partial charge < -0.3 is 0 Å². The third-order valence-electron chi connectivity index (χ3n) is 24.9. The molecule has 24 nitrogen and oxygen atoms in total. The molecule has 0 saturated heterocycles. The zero-order valence-electron chi connectivity index (χ0n) is 71.8. The second-order valence-electron chi connectivity index (χ2n) is 34.2. The van der Waals surface area contributed by atoms with E-state index in [-0.39, 0.29) is 128 Å². The van der Waals surface area contributed by atoms with Crippen molar-refractivity contribution in [2.24, 2.45) is 0 Å². The molecule has 0 unspecified atom stereocenters. The molecule has 0 atom stereocenters. The van der Waals surface area contributed by atoms with E-state index in [1.807, 2.05) is 0 Å². The summed E-state index contributed by atoms with van der Waals surface area (Å²) in [6, 6.07) is 61.7. The highest BCUT2D eigenvalue weighted by atomic mass is 32.2. The fourth-order valence-electron chi connectivity index (χ4n) is 17.2. The van der Waals surface area contributed by atoms with Crippen LogP contribution in [0.1, 0.15) is 134 Å². The molecule has 32 heteroatoms. The van der Waals surface area contributed by atoms with Gasteiger partial charge in [0.2, 0.25) is 80.2 Å². The lowest BCUT2D eigenvalue weighted by Crippen LogP contribution is -2.38. The zero-order valence-corrected chi connectivity index (χ0v) is 78.3. The van der Waals surface area contributed by atoms with Crippen LogP contribution in [0, 0.1) is 55.4 Å². The Morgan fingerprint density at radius 2 is 0.203 bits per heavy atom. The molecule has 12 aromatic carbocycles. The normalized spacial score (nSPS) is 16.8. The van der Waals surface area contributed by atoms with Crippen LogP contribution in [0.4, 0.5) is 0 Å². The van der Waals surface area contributed by atoms with Crippen LogP contribution in [-0.4, -0.2) is 102 Å². The number of hydrogen-bond donors (Lipinski definition) is 0. The first kappa shape index (κ1) is 89.9. The summed E-state index contributed by atoms with van der Waals surface area (Å²) in [5.41, 5.74) is 7.19. The summed E-state index contributed by atoms with van der Waals surface area (Å²) in [7, 11) is -39.0. The van der Waals surface area contributed by atoms with Crippen LogP contribution in [0.3, 0.4) is 0 Å². The van der Waals surface area contributed by atoms with E-state index >= 15 is 67.3 Å². The molecule has 5 aliphatic rings. The van der Waals surface area contributed by atoms with Gasteiger partial charge in [0.25, 0.3) is 0 Å². The highest BCUT2D eigenvalue weighted by Crippen LogP contribution is 2.42. The monoisotopic (exact) mass is 1870 g/mol. The van der Waals surface area contributed by atoms with Gasteiger partial charge in [0.05, 0.1) is 39.2 Å². The molecule has 0 spiro atoms. The van der Waals surface area contributed by atoms with Gasteiger partial charge in [0.1, 0.15) is 0 Å². The molecule has 16 bridgehead atoms. The summed E-state index contributed by atoms with van der Waals surface area (Å²) in [5.74, 6) is 0. The van der Waals surface area contributed by atoms with Crippen LogP contribution in [-0.2, 0) is 185 Å². The van der Waals surface area contributed by atoms with Crippen LogP contribution in [0.15, 0.2) is 282 Å². The average molecular weight is 1870 g/mol. The fraction of sp³-hybridized carbons (Fsp3) is 0.250. The van der Waals surface area contributed by atoms with Crippen molar-refractivity contribution in [1.29, 1.82) is 0 Å². The lowest BCUT2D eigenvalue weighted by molar-refractivity contribution is 0.353. The van der Waals surface area contributed by atoms with Gasteiger partial charge in [-0.05, 0) is 241 Å². The lowest BCUT2D eigenvalue weighted by atomic mass is 9.93. The average Bonchev–Trinajstić information content (AvgIpc) is 0.744. The molecular formula is C96H96N8O16S8. The maximum Gasteiger partial charge on any atom is 0.243 e. The van der Waals surface area contributed by atoms with Gasteiger partial charge in [-0.25, -0.2) is 67.3 Å². The largest absolute Gasteiger partial charge is 0.243 e. The Kier molecular flexibility index (Phi) is 24.1. The lowest BCUT2D eigenvalue weighted by Gasteiger charge is -2.35. The summed E-state index contributed by atoms with van der Waals surface area (Å²) in [6.07, 6.45) is 0. The smallest absolute Gasteiger partial charge is 0.207 e. The summed E-state index contributed by atoms with van der Waals surface area (Å²) in [6.45, 7) is 3.77. The zero-order chi connectivity index (χ0) is 90.7. The minimum Gasteiger partial charge on any atom is -0.207 e. The molecule has 0 fully saturated rings. The third kappa shape index (κ3) is 17.7. The Morgan fingerprint density at radius 1 is 0.133 bits per heavy atom. The highest BCUT2D eigenvalue weighted by Gasteiger charge is 2.42. The van der Waals surface area contributed by atoms with Gasteiger partial charge in [0.15, 0.2) is 0 Å². The topological polar surface area (TPSA) is 299 Å². The number of hydrogen-bond acceptors (Lipinski definition) is 16.